The molecule has 0 radical (unpaired) electrons. The number of benzene rings is 3. The first-order chi connectivity index (χ1) is 12.5. The summed E-state index contributed by atoms with van der Waals surface area (Å²) < 4.78 is 42.3. The van der Waals surface area contributed by atoms with E-state index in [1.54, 1.807) is 54.6 Å². The molecule has 130 valence electrons. The number of hydrogen-bond donors (Lipinski definition) is 1. The van der Waals surface area contributed by atoms with E-state index in [1.807, 2.05) is 18.2 Å². The molecule has 0 aliphatic heterocycles. The third-order valence-corrected chi connectivity index (χ3v) is 4.25. The van der Waals surface area contributed by atoms with Crippen molar-refractivity contribution >= 4 is 16.6 Å². The predicted octanol–water partition coefficient (Wildman–Crippen LogP) is 5.29. The van der Waals surface area contributed by atoms with Gasteiger partial charge in [0.2, 0.25) is 0 Å². The smallest absolute Gasteiger partial charge is 0.383 e. The minimum atomic E-state index is -4.62. The SMILES string of the molecule is Nc1c(-c2cccc3ccccc23)c(C(F)(F)F)nn1-c1ccccc1. The van der Waals surface area contributed by atoms with Crippen molar-refractivity contribution in [2.24, 2.45) is 0 Å². The molecule has 0 saturated carbocycles. The van der Waals surface area contributed by atoms with Gasteiger partial charge in [-0.15, -0.1) is 0 Å². The summed E-state index contributed by atoms with van der Waals surface area (Å²) in [7, 11) is 0. The molecular formula is C20H14F3N3. The molecule has 0 fully saturated rings. The third-order valence-electron chi connectivity index (χ3n) is 4.25. The van der Waals surface area contributed by atoms with E-state index < -0.39 is 11.9 Å². The van der Waals surface area contributed by atoms with Gasteiger partial charge < -0.3 is 5.73 Å². The Balaban J connectivity index is 2.06. The van der Waals surface area contributed by atoms with Gasteiger partial charge in [0.15, 0.2) is 5.69 Å². The van der Waals surface area contributed by atoms with Crippen LogP contribution in [-0.4, -0.2) is 9.78 Å². The van der Waals surface area contributed by atoms with Gasteiger partial charge in [-0.3, -0.25) is 0 Å². The number of hydrogen-bond acceptors (Lipinski definition) is 2. The van der Waals surface area contributed by atoms with Crippen LogP contribution in [0.5, 0.6) is 0 Å². The molecule has 0 unspecified atom stereocenters. The monoisotopic (exact) mass is 353 g/mol. The molecule has 3 aromatic carbocycles. The number of anilines is 1. The van der Waals surface area contributed by atoms with Crippen LogP contribution in [0.4, 0.5) is 19.0 Å². The highest BCUT2D eigenvalue weighted by Gasteiger charge is 2.39. The van der Waals surface area contributed by atoms with Crippen LogP contribution in [0.25, 0.3) is 27.6 Å². The van der Waals surface area contributed by atoms with Gasteiger partial charge in [0.1, 0.15) is 5.82 Å². The van der Waals surface area contributed by atoms with Gasteiger partial charge in [0, 0.05) is 0 Å². The van der Waals surface area contributed by atoms with Crippen molar-refractivity contribution in [3.8, 4) is 16.8 Å². The van der Waals surface area contributed by atoms with Crippen molar-refractivity contribution in [2.45, 2.75) is 6.18 Å². The summed E-state index contributed by atoms with van der Waals surface area (Å²) in [5, 5.41) is 5.33. The second-order valence-electron chi connectivity index (χ2n) is 5.88. The maximum absolute atomic E-state index is 13.7. The van der Waals surface area contributed by atoms with Crippen LogP contribution in [0.15, 0.2) is 72.8 Å². The number of aromatic nitrogens is 2. The van der Waals surface area contributed by atoms with Gasteiger partial charge in [-0.1, -0.05) is 60.7 Å². The molecule has 0 atom stereocenters. The zero-order valence-corrected chi connectivity index (χ0v) is 13.5. The molecule has 1 heterocycles. The highest BCUT2D eigenvalue weighted by atomic mass is 19.4. The fourth-order valence-electron chi connectivity index (χ4n) is 3.10. The molecule has 3 nitrogen and oxygen atoms in total. The van der Waals surface area contributed by atoms with E-state index in [2.05, 4.69) is 5.10 Å². The molecule has 2 N–H and O–H groups in total. The number of rotatable bonds is 2. The van der Waals surface area contributed by atoms with Crippen LogP contribution >= 0.6 is 0 Å². The molecule has 0 aliphatic rings. The summed E-state index contributed by atoms with van der Waals surface area (Å²) in [6.45, 7) is 0. The largest absolute Gasteiger partial charge is 0.435 e. The van der Waals surface area contributed by atoms with Crippen molar-refractivity contribution in [2.75, 3.05) is 5.73 Å². The lowest BCUT2D eigenvalue weighted by atomic mass is 9.97. The first kappa shape index (κ1) is 16.2. The molecule has 0 saturated heterocycles. The fraction of sp³-hybridized carbons (Fsp3) is 0.0500. The maximum Gasteiger partial charge on any atom is 0.435 e. The Morgan fingerprint density at radius 3 is 2.19 bits per heavy atom. The van der Waals surface area contributed by atoms with E-state index >= 15 is 0 Å². The quantitative estimate of drug-likeness (QED) is 0.532. The van der Waals surface area contributed by atoms with E-state index in [0.717, 1.165) is 10.1 Å². The second kappa shape index (κ2) is 5.91. The Morgan fingerprint density at radius 1 is 0.808 bits per heavy atom. The van der Waals surface area contributed by atoms with Crippen LogP contribution in [0.1, 0.15) is 5.69 Å². The Labute approximate surface area is 147 Å². The van der Waals surface area contributed by atoms with Crippen molar-refractivity contribution in [1.29, 1.82) is 0 Å². The van der Waals surface area contributed by atoms with Gasteiger partial charge in [-0.05, 0) is 28.5 Å². The summed E-state index contributed by atoms with van der Waals surface area (Å²) in [5.74, 6) is -0.0418. The van der Waals surface area contributed by atoms with Gasteiger partial charge in [0.25, 0.3) is 0 Å². The number of alkyl halides is 3. The number of nitrogens with zero attached hydrogens (tertiary/aromatic N) is 2. The minimum Gasteiger partial charge on any atom is -0.383 e. The van der Waals surface area contributed by atoms with Crippen LogP contribution in [0.3, 0.4) is 0 Å². The van der Waals surface area contributed by atoms with E-state index in [1.165, 1.54) is 0 Å². The number of para-hydroxylation sites is 1. The average molecular weight is 353 g/mol. The number of fused-ring (bicyclic) bond motifs is 1. The zero-order valence-electron chi connectivity index (χ0n) is 13.5. The topological polar surface area (TPSA) is 43.8 Å². The highest BCUT2D eigenvalue weighted by molar-refractivity contribution is 5.99. The summed E-state index contributed by atoms with van der Waals surface area (Å²) in [4.78, 5) is 0. The van der Waals surface area contributed by atoms with Crippen molar-refractivity contribution < 1.29 is 13.2 Å². The van der Waals surface area contributed by atoms with Crippen LogP contribution in [-0.2, 0) is 6.18 Å². The molecule has 26 heavy (non-hydrogen) atoms. The van der Waals surface area contributed by atoms with Crippen LogP contribution in [0.2, 0.25) is 0 Å². The van der Waals surface area contributed by atoms with E-state index in [9.17, 15) is 13.2 Å². The van der Waals surface area contributed by atoms with Crippen molar-refractivity contribution in [3.05, 3.63) is 78.5 Å². The molecule has 4 rings (SSSR count). The van der Waals surface area contributed by atoms with Gasteiger partial charge in [-0.25, -0.2) is 4.68 Å². The molecule has 6 heteroatoms. The molecule has 0 spiro atoms. The van der Waals surface area contributed by atoms with Crippen LogP contribution in [0, 0.1) is 0 Å². The normalized spacial score (nSPS) is 11.8. The minimum absolute atomic E-state index is 0.0418. The van der Waals surface area contributed by atoms with Gasteiger partial charge in [0.05, 0.1) is 11.3 Å². The first-order valence-electron chi connectivity index (χ1n) is 7.96. The lowest BCUT2D eigenvalue weighted by molar-refractivity contribution is -0.140. The highest BCUT2D eigenvalue weighted by Crippen LogP contribution is 2.42. The molecule has 4 aromatic rings. The Kier molecular flexibility index (Phi) is 3.68. The summed E-state index contributed by atoms with van der Waals surface area (Å²) in [6.07, 6.45) is -4.62. The Hall–Kier alpha value is -3.28. The summed E-state index contributed by atoms with van der Waals surface area (Å²) in [6, 6.07) is 21.0. The standard InChI is InChI=1S/C20H14F3N3/c21-20(22,23)18-17(16-12-6-8-13-7-4-5-11-15(13)16)19(24)26(25-18)14-9-2-1-3-10-14/h1-12H,24H2. The van der Waals surface area contributed by atoms with Crippen molar-refractivity contribution in [1.82, 2.24) is 9.78 Å². The Morgan fingerprint density at radius 2 is 1.46 bits per heavy atom. The molecule has 1 aromatic heterocycles. The van der Waals surface area contributed by atoms with Gasteiger partial charge in [-0.2, -0.15) is 18.3 Å². The number of nitrogen functional groups attached to an aromatic ring is 1. The lowest BCUT2D eigenvalue weighted by Gasteiger charge is -2.10. The molecule has 0 bridgehead atoms. The summed E-state index contributed by atoms with van der Waals surface area (Å²) >= 11 is 0. The van der Waals surface area contributed by atoms with E-state index in [4.69, 9.17) is 5.73 Å². The fourth-order valence-corrected chi connectivity index (χ4v) is 3.10. The van der Waals surface area contributed by atoms with Crippen LogP contribution < -0.4 is 5.73 Å². The number of halogens is 3. The predicted molar refractivity (Wildman–Crippen MR) is 95.9 cm³/mol. The first-order valence-corrected chi connectivity index (χ1v) is 7.96. The van der Waals surface area contributed by atoms with E-state index in [-0.39, 0.29) is 11.4 Å². The average Bonchev–Trinajstić information content (AvgIpc) is 2.99. The van der Waals surface area contributed by atoms with Gasteiger partial charge >= 0.3 is 6.18 Å². The zero-order chi connectivity index (χ0) is 18.3. The molecule has 0 aliphatic carbocycles. The number of nitrogens with two attached hydrogens (primary N) is 1. The maximum atomic E-state index is 13.7. The second-order valence-corrected chi connectivity index (χ2v) is 5.88. The lowest BCUT2D eigenvalue weighted by Crippen LogP contribution is -2.08. The van der Waals surface area contributed by atoms with Crippen molar-refractivity contribution in [3.63, 3.8) is 0 Å². The Bertz CT molecular complexity index is 1080. The molecule has 0 amide bonds. The third kappa shape index (κ3) is 2.60. The van der Waals surface area contributed by atoms with E-state index in [0.29, 0.717) is 16.6 Å². The molecular weight excluding hydrogens is 339 g/mol. The summed E-state index contributed by atoms with van der Waals surface area (Å²) in [5.41, 5.74) is 5.95.